The highest BCUT2D eigenvalue weighted by Gasteiger charge is 2.43. The van der Waals surface area contributed by atoms with Gasteiger partial charge in [-0.05, 0) is 44.7 Å². The predicted octanol–water partition coefficient (Wildman–Crippen LogP) is -1.83. The summed E-state index contributed by atoms with van der Waals surface area (Å²) in [5.41, 5.74) is 1.30. The number of hydrogen-bond acceptors (Lipinski definition) is 10. The molecule has 1 aromatic heterocycles. The van der Waals surface area contributed by atoms with Crippen molar-refractivity contribution in [1.29, 1.82) is 0 Å². The highest BCUT2D eigenvalue weighted by Crippen LogP contribution is 2.32. The number of rotatable bonds is 3. The molecule has 9 atom stereocenters. The number of carbonyl (C=O) groups excluding carboxylic acids is 7. The number of carbonyl (C=O) groups is 7. The third-order valence-corrected chi connectivity index (χ3v) is 10.7. The number of nitrogens with zero attached hydrogens (tertiary/aromatic N) is 1. The number of fused-ring (bicyclic) bond motifs is 5. The van der Waals surface area contributed by atoms with Gasteiger partial charge in [-0.15, -0.1) is 11.8 Å². The summed E-state index contributed by atoms with van der Waals surface area (Å²) in [7, 11) is 0. The summed E-state index contributed by atoms with van der Waals surface area (Å²) in [5, 5.41) is 38.3. The molecule has 2 bridgehead atoms. The highest BCUT2D eigenvalue weighted by molar-refractivity contribution is 7.99. The Morgan fingerprint density at radius 3 is 2.11 bits per heavy atom. The van der Waals surface area contributed by atoms with E-state index in [2.05, 4.69) is 36.9 Å². The van der Waals surface area contributed by atoms with E-state index in [-0.39, 0.29) is 37.5 Å². The molecule has 3 aliphatic heterocycles. The molecule has 0 aliphatic carbocycles. The zero-order valence-corrected chi connectivity index (χ0v) is 31.0. The minimum Gasteiger partial charge on any atom is -0.391 e. The molecule has 2 aromatic rings. The van der Waals surface area contributed by atoms with Gasteiger partial charge in [-0.1, -0.05) is 32.0 Å². The van der Waals surface area contributed by atoms with Crippen LogP contribution in [0.2, 0.25) is 0 Å². The van der Waals surface area contributed by atoms with Gasteiger partial charge in [0, 0.05) is 36.0 Å². The minimum atomic E-state index is -1.56. The summed E-state index contributed by atoms with van der Waals surface area (Å²) >= 11 is 1.14. The van der Waals surface area contributed by atoms with Gasteiger partial charge in [-0.2, -0.15) is 0 Å². The molecule has 17 nitrogen and oxygen atoms in total. The van der Waals surface area contributed by atoms with Crippen LogP contribution in [0.3, 0.4) is 0 Å². The van der Waals surface area contributed by atoms with E-state index in [0.29, 0.717) is 16.1 Å². The van der Waals surface area contributed by atoms with Crippen molar-refractivity contribution in [1.82, 2.24) is 41.8 Å². The average Bonchev–Trinajstić information content (AvgIpc) is 3.66. The number of benzene rings is 1. The van der Waals surface area contributed by atoms with Crippen molar-refractivity contribution in [2.24, 2.45) is 5.92 Å². The number of thioether (sulfide) groups is 1. The second-order valence-electron chi connectivity index (χ2n) is 14.4. The van der Waals surface area contributed by atoms with Crippen LogP contribution in [0.15, 0.2) is 29.3 Å². The second-order valence-corrected chi connectivity index (χ2v) is 15.4. The zero-order chi connectivity index (χ0) is 38.7. The number of aliphatic hydroxyl groups is 2. The van der Waals surface area contributed by atoms with E-state index in [4.69, 9.17) is 0 Å². The number of aromatic amines is 1. The first kappa shape index (κ1) is 39.5. The van der Waals surface area contributed by atoms with Crippen molar-refractivity contribution < 1.29 is 43.8 Å². The van der Waals surface area contributed by atoms with Gasteiger partial charge in [0.15, 0.2) is 0 Å². The number of para-hydroxylation sites is 1. The van der Waals surface area contributed by atoms with E-state index in [1.54, 1.807) is 6.07 Å². The molecule has 288 valence electrons. The maximum atomic E-state index is 14.3. The fourth-order valence-corrected chi connectivity index (χ4v) is 7.84. The lowest BCUT2D eigenvalue weighted by Crippen LogP contribution is -2.61. The van der Waals surface area contributed by atoms with Crippen molar-refractivity contribution in [2.45, 2.75) is 113 Å². The van der Waals surface area contributed by atoms with E-state index in [1.807, 2.05) is 32.0 Å². The SMILES string of the molecule is CC(C)C[C@@H]1NC(=O)[C@@H]2Cc3c([nH]c4ccccc34)SC[C@H](NC(=O)[C@@H]([C@H](C)O)NC(=O)[C@H](C)NC1=O)C(=O)N1C[C@@H](O)C[C@H]1C(=O)N[C@@H](C)C(=O)N2. The molecule has 0 unspecified atom stereocenters. The van der Waals surface area contributed by atoms with Crippen molar-refractivity contribution in [2.75, 3.05) is 12.3 Å². The van der Waals surface area contributed by atoms with Gasteiger partial charge in [0.05, 0.1) is 17.2 Å². The number of aromatic nitrogens is 1. The molecule has 7 amide bonds. The van der Waals surface area contributed by atoms with E-state index >= 15 is 0 Å². The van der Waals surface area contributed by atoms with Crippen molar-refractivity contribution in [3.05, 3.63) is 29.8 Å². The molecule has 3 aliphatic rings. The lowest BCUT2D eigenvalue weighted by Gasteiger charge is -2.30. The molecule has 53 heavy (non-hydrogen) atoms. The summed E-state index contributed by atoms with van der Waals surface area (Å²) < 4.78 is 0. The van der Waals surface area contributed by atoms with Crippen LogP contribution < -0.4 is 31.9 Å². The largest absolute Gasteiger partial charge is 0.391 e. The van der Waals surface area contributed by atoms with Crippen molar-refractivity contribution in [3.8, 4) is 0 Å². The third kappa shape index (κ3) is 9.10. The molecule has 0 spiro atoms. The summed E-state index contributed by atoms with van der Waals surface area (Å²) in [6.07, 6.45) is -2.57. The van der Waals surface area contributed by atoms with Gasteiger partial charge in [-0.3, -0.25) is 33.6 Å². The fraction of sp³-hybridized carbons (Fsp3) is 0.571. The molecular formula is C35H48N8O9S. The highest BCUT2D eigenvalue weighted by atomic mass is 32.2. The molecule has 1 aromatic carbocycles. The standard InChI is InChI=1S/C35H48N8O9S/c1-15(2)10-23-30(48)36-17(4)29(47)42-27(18(5)44)33(51)40-25-14-53-34-21(20-8-6-7-9-22(20)41-34)12-24(31(49)39-23)38-28(46)16(3)37-32(50)26-11-19(45)13-43(26)35(25)52/h6-9,15-19,23-27,41,44-45H,10-14H2,1-5H3,(H,36,48)(H,37,50)(H,38,46)(H,39,49)(H,40,51)(H,42,47)/t16-,17-,18-,19-,23-,24-,25-,26-,27+/m0/s1. The summed E-state index contributed by atoms with van der Waals surface area (Å²) in [6, 6.07) is -1.67. The van der Waals surface area contributed by atoms with Crippen molar-refractivity contribution in [3.63, 3.8) is 0 Å². The Labute approximate surface area is 310 Å². The van der Waals surface area contributed by atoms with Crippen molar-refractivity contribution >= 4 is 64.0 Å². The third-order valence-electron chi connectivity index (χ3n) is 9.60. The normalized spacial score (nSPS) is 30.3. The molecule has 9 N–H and O–H groups in total. The van der Waals surface area contributed by atoms with Gasteiger partial charge in [-0.25, -0.2) is 0 Å². The van der Waals surface area contributed by atoms with E-state index in [1.165, 1.54) is 20.8 Å². The number of hydrogen-bond donors (Lipinski definition) is 9. The summed E-state index contributed by atoms with van der Waals surface area (Å²) in [6.45, 7) is 7.53. The lowest BCUT2D eigenvalue weighted by atomic mass is 10.00. The molecule has 0 radical (unpaired) electrons. The molecule has 0 saturated carbocycles. The second kappa shape index (κ2) is 16.6. The summed E-state index contributed by atoms with van der Waals surface area (Å²) in [5.74, 6) is -5.48. The number of aliphatic hydroxyl groups excluding tert-OH is 2. The maximum Gasteiger partial charge on any atom is 0.246 e. The van der Waals surface area contributed by atoms with Crippen LogP contribution in [-0.4, -0.2) is 128 Å². The van der Waals surface area contributed by atoms with Gasteiger partial charge in [0.2, 0.25) is 41.4 Å². The molecule has 5 rings (SSSR count). The summed E-state index contributed by atoms with van der Waals surface area (Å²) in [4.78, 5) is 101. The lowest BCUT2D eigenvalue weighted by molar-refractivity contribution is -0.142. The van der Waals surface area contributed by atoms with Gasteiger partial charge in [0.1, 0.15) is 42.3 Å². The molecular weight excluding hydrogens is 708 g/mol. The van der Waals surface area contributed by atoms with Crippen LogP contribution in [0.25, 0.3) is 10.9 Å². The average molecular weight is 757 g/mol. The van der Waals surface area contributed by atoms with Gasteiger partial charge in [0.25, 0.3) is 0 Å². The Kier molecular flexibility index (Phi) is 12.3. The Hall–Kier alpha value is -4.68. The van der Waals surface area contributed by atoms with E-state index in [9.17, 15) is 43.8 Å². The quantitative estimate of drug-likeness (QED) is 0.169. The van der Waals surface area contributed by atoms with Crippen LogP contribution in [0.5, 0.6) is 0 Å². The monoisotopic (exact) mass is 756 g/mol. The first-order chi connectivity index (χ1) is 25.0. The van der Waals surface area contributed by atoms with E-state index < -0.39 is 95.9 Å². The maximum absolute atomic E-state index is 14.3. The topological polar surface area (TPSA) is 251 Å². The zero-order valence-electron chi connectivity index (χ0n) is 30.2. The first-order valence-corrected chi connectivity index (χ1v) is 18.7. The van der Waals surface area contributed by atoms with Crippen LogP contribution in [0, 0.1) is 5.92 Å². The Morgan fingerprint density at radius 1 is 0.792 bits per heavy atom. The number of amides is 7. The molecule has 18 heteroatoms. The van der Waals surface area contributed by atoms with Crippen LogP contribution in [0.4, 0.5) is 0 Å². The number of nitrogens with one attached hydrogen (secondary N) is 7. The molecule has 1 fully saturated rings. The first-order valence-electron chi connectivity index (χ1n) is 17.7. The Bertz CT molecular complexity index is 1770. The van der Waals surface area contributed by atoms with Crippen LogP contribution in [0.1, 0.15) is 53.0 Å². The van der Waals surface area contributed by atoms with Crippen LogP contribution in [-0.2, 0) is 40.0 Å². The van der Waals surface area contributed by atoms with Gasteiger partial charge >= 0.3 is 0 Å². The smallest absolute Gasteiger partial charge is 0.246 e. The molecule has 4 heterocycles. The van der Waals surface area contributed by atoms with E-state index in [0.717, 1.165) is 22.0 Å². The van der Waals surface area contributed by atoms with Gasteiger partial charge < -0.3 is 52.0 Å². The predicted molar refractivity (Wildman–Crippen MR) is 193 cm³/mol. The van der Waals surface area contributed by atoms with Crippen LogP contribution >= 0.6 is 11.8 Å². The Morgan fingerprint density at radius 2 is 1.43 bits per heavy atom. The fourth-order valence-electron chi connectivity index (χ4n) is 6.73. The minimum absolute atomic E-state index is 0.0740. The molecule has 1 saturated heterocycles. The Balaban J connectivity index is 1.68. The number of H-pyrrole nitrogens is 1.